The van der Waals surface area contributed by atoms with Gasteiger partial charge in [0.2, 0.25) is 0 Å². The van der Waals surface area contributed by atoms with Crippen molar-refractivity contribution in [1.82, 2.24) is 4.98 Å². The molecule has 3 nitrogen and oxygen atoms in total. The second-order valence-electron chi connectivity index (χ2n) is 6.46. The van der Waals surface area contributed by atoms with Crippen molar-refractivity contribution in [3.8, 4) is 0 Å². The molecule has 0 amide bonds. The predicted molar refractivity (Wildman–Crippen MR) is 74.5 cm³/mol. The van der Waals surface area contributed by atoms with E-state index in [1.54, 1.807) is 0 Å². The molecule has 17 heavy (non-hydrogen) atoms. The lowest BCUT2D eigenvalue weighted by atomic mass is 10.1. The highest BCUT2D eigenvalue weighted by Gasteiger charge is 2.39. The summed E-state index contributed by atoms with van der Waals surface area (Å²) in [6.07, 6.45) is 1.88. The summed E-state index contributed by atoms with van der Waals surface area (Å²) in [6, 6.07) is 4.19. The maximum absolute atomic E-state index is 4.56. The maximum atomic E-state index is 4.56. The molecule has 0 saturated heterocycles. The van der Waals surface area contributed by atoms with Crippen LogP contribution >= 0.6 is 0 Å². The summed E-state index contributed by atoms with van der Waals surface area (Å²) in [4.78, 5) is 4.56. The standard InChI is InChI=1S/C13H21N3Si/c1-12(2,3)15-10-8-7-9-14-11(10)16(17-15)13(4,5)6/h7-9H,1-6H3. The molecule has 0 N–H and O–H groups in total. The summed E-state index contributed by atoms with van der Waals surface area (Å²) in [5.41, 5.74) is 1.51. The van der Waals surface area contributed by atoms with Crippen LogP contribution in [0.5, 0.6) is 0 Å². The van der Waals surface area contributed by atoms with Gasteiger partial charge in [-0.05, 0) is 53.7 Å². The Morgan fingerprint density at radius 1 is 1.00 bits per heavy atom. The van der Waals surface area contributed by atoms with E-state index in [0.717, 1.165) is 5.82 Å². The fourth-order valence-electron chi connectivity index (χ4n) is 1.92. The van der Waals surface area contributed by atoms with Gasteiger partial charge in [-0.25, -0.2) is 4.98 Å². The fourth-order valence-corrected chi connectivity index (χ4v) is 3.26. The molecule has 0 unspecified atom stereocenters. The van der Waals surface area contributed by atoms with Crippen molar-refractivity contribution in [2.45, 2.75) is 52.6 Å². The van der Waals surface area contributed by atoms with Crippen LogP contribution in [0.3, 0.4) is 0 Å². The van der Waals surface area contributed by atoms with Crippen LogP contribution in [0.1, 0.15) is 41.5 Å². The first-order valence-corrected chi connectivity index (χ1v) is 6.92. The Labute approximate surface area is 107 Å². The topological polar surface area (TPSA) is 19.4 Å². The van der Waals surface area contributed by atoms with E-state index in [2.05, 4.69) is 61.7 Å². The lowest BCUT2D eigenvalue weighted by Crippen LogP contribution is -2.51. The fraction of sp³-hybridized carbons (Fsp3) is 0.615. The maximum Gasteiger partial charge on any atom is 0.334 e. The first-order valence-electron chi connectivity index (χ1n) is 6.03. The van der Waals surface area contributed by atoms with Gasteiger partial charge in [-0.3, -0.25) is 0 Å². The van der Waals surface area contributed by atoms with Crippen LogP contribution in [0.2, 0.25) is 0 Å². The van der Waals surface area contributed by atoms with Crippen molar-refractivity contribution in [2.24, 2.45) is 0 Å². The van der Waals surface area contributed by atoms with E-state index in [-0.39, 0.29) is 11.1 Å². The van der Waals surface area contributed by atoms with Crippen molar-refractivity contribution in [2.75, 3.05) is 9.13 Å². The van der Waals surface area contributed by atoms with E-state index in [9.17, 15) is 0 Å². The van der Waals surface area contributed by atoms with Gasteiger partial charge < -0.3 is 9.13 Å². The third kappa shape index (κ3) is 2.18. The third-order valence-electron chi connectivity index (χ3n) is 2.76. The minimum Gasteiger partial charge on any atom is -0.372 e. The summed E-state index contributed by atoms with van der Waals surface area (Å²) in [5.74, 6) is 1.12. The van der Waals surface area contributed by atoms with Gasteiger partial charge in [0.05, 0.1) is 5.69 Å². The van der Waals surface area contributed by atoms with Crippen LogP contribution in [0.25, 0.3) is 0 Å². The lowest BCUT2D eigenvalue weighted by molar-refractivity contribution is 0.566. The quantitative estimate of drug-likeness (QED) is 0.657. The van der Waals surface area contributed by atoms with Crippen LogP contribution < -0.4 is 9.13 Å². The molecule has 1 aliphatic heterocycles. The highest BCUT2D eigenvalue weighted by molar-refractivity contribution is 6.51. The molecule has 0 aromatic carbocycles. The lowest BCUT2D eigenvalue weighted by Gasteiger charge is -2.36. The van der Waals surface area contributed by atoms with E-state index in [1.807, 2.05) is 12.3 Å². The molecular formula is C13H21N3Si. The molecule has 4 heteroatoms. The van der Waals surface area contributed by atoms with E-state index in [0.29, 0.717) is 9.84 Å². The summed E-state index contributed by atoms with van der Waals surface area (Å²) in [6.45, 7) is 13.5. The van der Waals surface area contributed by atoms with Gasteiger partial charge in [-0.2, -0.15) is 0 Å². The second kappa shape index (κ2) is 3.73. The largest absolute Gasteiger partial charge is 0.372 e. The summed E-state index contributed by atoms with van der Waals surface area (Å²) in [5, 5.41) is 0. The summed E-state index contributed by atoms with van der Waals surface area (Å²) in [7, 11) is 0.636. The average molecular weight is 247 g/mol. The monoisotopic (exact) mass is 247 g/mol. The number of aromatic nitrogens is 1. The molecule has 2 rings (SSSR count). The van der Waals surface area contributed by atoms with E-state index in [1.165, 1.54) is 5.69 Å². The Kier molecular flexibility index (Phi) is 2.73. The molecule has 0 bridgehead atoms. The van der Waals surface area contributed by atoms with E-state index >= 15 is 0 Å². The molecule has 0 fully saturated rings. The van der Waals surface area contributed by atoms with Crippen LogP contribution in [-0.4, -0.2) is 25.9 Å². The van der Waals surface area contributed by atoms with Crippen molar-refractivity contribution >= 4 is 21.3 Å². The SMILES string of the molecule is CC(C)(C)N1[Si]N(C(C)(C)C)c2ncccc21. The molecule has 0 aliphatic carbocycles. The first-order chi connectivity index (χ1) is 7.71. The van der Waals surface area contributed by atoms with Crippen molar-refractivity contribution in [3.63, 3.8) is 0 Å². The Morgan fingerprint density at radius 2 is 1.59 bits per heavy atom. The zero-order valence-electron chi connectivity index (χ0n) is 11.6. The molecule has 2 heterocycles. The smallest absolute Gasteiger partial charge is 0.334 e. The van der Waals surface area contributed by atoms with Gasteiger partial charge in [0.15, 0.2) is 0 Å². The Morgan fingerprint density at radius 3 is 2.12 bits per heavy atom. The molecule has 0 saturated carbocycles. The Balaban J connectivity index is 2.47. The number of nitrogens with zero attached hydrogens (tertiary/aromatic N) is 3. The minimum atomic E-state index is 0.113. The number of pyridine rings is 1. The third-order valence-corrected chi connectivity index (χ3v) is 4.95. The summed E-state index contributed by atoms with van der Waals surface area (Å²) >= 11 is 0. The van der Waals surface area contributed by atoms with Gasteiger partial charge in [-0.1, -0.05) is 0 Å². The van der Waals surface area contributed by atoms with Gasteiger partial charge >= 0.3 is 9.84 Å². The van der Waals surface area contributed by atoms with Gasteiger partial charge in [0.1, 0.15) is 5.82 Å². The van der Waals surface area contributed by atoms with Crippen LogP contribution in [0.4, 0.5) is 11.5 Å². The number of anilines is 2. The molecule has 92 valence electrons. The highest BCUT2D eigenvalue weighted by atomic mass is 28.2. The predicted octanol–water partition coefficient (Wildman–Crippen LogP) is 2.84. The Hall–Kier alpha value is -1.03. The number of hydrogen-bond donors (Lipinski definition) is 0. The molecule has 2 radical (unpaired) electrons. The molecule has 1 aromatic heterocycles. The van der Waals surface area contributed by atoms with Gasteiger partial charge in [0, 0.05) is 17.3 Å². The number of fused-ring (bicyclic) bond motifs is 1. The normalized spacial score (nSPS) is 16.4. The van der Waals surface area contributed by atoms with Crippen LogP contribution in [0.15, 0.2) is 18.3 Å². The van der Waals surface area contributed by atoms with Crippen molar-refractivity contribution < 1.29 is 0 Å². The van der Waals surface area contributed by atoms with Crippen molar-refractivity contribution in [3.05, 3.63) is 18.3 Å². The molecule has 1 aromatic rings. The molecule has 0 spiro atoms. The van der Waals surface area contributed by atoms with Crippen molar-refractivity contribution in [1.29, 1.82) is 0 Å². The van der Waals surface area contributed by atoms with Gasteiger partial charge in [-0.15, -0.1) is 0 Å². The number of hydrogen-bond acceptors (Lipinski definition) is 3. The highest BCUT2D eigenvalue weighted by Crippen LogP contribution is 2.39. The number of rotatable bonds is 0. The second-order valence-corrected chi connectivity index (χ2v) is 7.55. The zero-order chi connectivity index (χ0) is 12.8. The molecular weight excluding hydrogens is 226 g/mol. The van der Waals surface area contributed by atoms with Gasteiger partial charge in [0.25, 0.3) is 0 Å². The average Bonchev–Trinajstić information content (AvgIpc) is 2.55. The first kappa shape index (κ1) is 12.4. The Bertz CT molecular complexity index is 378. The minimum absolute atomic E-state index is 0.113. The van der Waals surface area contributed by atoms with E-state index in [4.69, 9.17) is 0 Å². The molecule has 0 atom stereocenters. The zero-order valence-corrected chi connectivity index (χ0v) is 12.6. The molecule has 1 aliphatic rings. The van der Waals surface area contributed by atoms with E-state index < -0.39 is 0 Å². The summed E-state index contributed by atoms with van der Waals surface area (Å²) < 4.78 is 4.84. The van der Waals surface area contributed by atoms with Crippen LogP contribution in [0, 0.1) is 0 Å². The van der Waals surface area contributed by atoms with Crippen LogP contribution in [-0.2, 0) is 0 Å².